The molecule has 4 nitrogen and oxygen atoms in total. The normalized spacial score (nSPS) is 26.2. The summed E-state index contributed by atoms with van der Waals surface area (Å²) in [5, 5.41) is 3.23. The number of benzene rings is 1. The Morgan fingerprint density at radius 2 is 2.00 bits per heavy atom. The van der Waals surface area contributed by atoms with Crippen LogP contribution in [-0.2, 0) is 11.2 Å². The summed E-state index contributed by atoms with van der Waals surface area (Å²) in [6, 6.07) is 6.14. The van der Waals surface area contributed by atoms with Gasteiger partial charge in [0.1, 0.15) is 0 Å². The molecular formula is C20H29NO3. The lowest BCUT2D eigenvalue weighted by atomic mass is 9.84. The number of methoxy groups -OCH3 is 2. The Morgan fingerprint density at radius 1 is 1.21 bits per heavy atom. The molecule has 2 aliphatic carbocycles. The SMILES string of the molecule is COc1ccc(CCC(=O)NC(C)C2CC3CCC2C3)cc1OC. The van der Waals surface area contributed by atoms with Gasteiger partial charge in [-0.05, 0) is 68.1 Å². The smallest absolute Gasteiger partial charge is 0.220 e. The van der Waals surface area contributed by atoms with Gasteiger partial charge >= 0.3 is 0 Å². The van der Waals surface area contributed by atoms with Crippen molar-refractivity contribution in [3.63, 3.8) is 0 Å². The number of rotatable bonds is 7. The topological polar surface area (TPSA) is 47.6 Å². The highest BCUT2D eigenvalue weighted by atomic mass is 16.5. The molecule has 1 amide bonds. The van der Waals surface area contributed by atoms with E-state index in [-0.39, 0.29) is 5.91 Å². The number of nitrogens with one attached hydrogen (secondary N) is 1. The highest BCUT2D eigenvalue weighted by Gasteiger charge is 2.42. The molecule has 3 rings (SSSR count). The van der Waals surface area contributed by atoms with Crippen molar-refractivity contribution in [1.29, 1.82) is 0 Å². The molecule has 2 aliphatic rings. The first-order valence-corrected chi connectivity index (χ1v) is 9.11. The highest BCUT2D eigenvalue weighted by Crippen LogP contribution is 2.49. The van der Waals surface area contributed by atoms with E-state index in [1.54, 1.807) is 14.2 Å². The quantitative estimate of drug-likeness (QED) is 0.831. The average molecular weight is 331 g/mol. The molecule has 0 aromatic heterocycles. The first-order chi connectivity index (χ1) is 11.6. The van der Waals surface area contributed by atoms with Crippen molar-refractivity contribution >= 4 is 5.91 Å². The standard InChI is InChI=1S/C20H29NO3/c1-13(17-11-15-4-7-16(17)10-15)21-20(22)9-6-14-5-8-18(23-2)19(12-14)24-3/h5,8,12-13,15-17H,4,6-7,9-11H2,1-3H3,(H,21,22). The van der Waals surface area contributed by atoms with Crippen LogP contribution in [0.5, 0.6) is 11.5 Å². The summed E-state index contributed by atoms with van der Waals surface area (Å²) >= 11 is 0. The Kier molecular flexibility index (Phi) is 5.32. The van der Waals surface area contributed by atoms with Crippen molar-refractivity contribution in [2.24, 2.45) is 17.8 Å². The van der Waals surface area contributed by atoms with Crippen LogP contribution >= 0.6 is 0 Å². The third-order valence-corrected chi connectivity index (χ3v) is 5.91. The minimum atomic E-state index is 0.153. The number of amides is 1. The molecule has 0 radical (unpaired) electrons. The minimum absolute atomic E-state index is 0.153. The Balaban J connectivity index is 1.48. The Morgan fingerprint density at radius 3 is 2.62 bits per heavy atom. The summed E-state index contributed by atoms with van der Waals surface area (Å²) in [4.78, 5) is 12.3. The van der Waals surface area contributed by atoms with Gasteiger partial charge in [0.2, 0.25) is 5.91 Å². The summed E-state index contributed by atoms with van der Waals surface area (Å²) in [7, 11) is 3.26. The molecule has 2 bridgehead atoms. The van der Waals surface area contributed by atoms with Crippen LogP contribution < -0.4 is 14.8 Å². The van der Waals surface area contributed by atoms with Gasteiger partial charge in [-0.15, -0.1) is 0 Å². The number of fused-ring (bicyclic) bond motifs is 2. The fourth-order valence-electron chi connectivity index (χ4n) is 4.63. The van der Waals surface area contributed by atoms with Gasteiger partial charge in [-0.1, -0.05) is 12.5 Å². The average Bonchev–Trinajstić information content (AvgIpc) is 3.23. The largest absolute Gasteiger partial charge is 0.493 e. The van der Waals surface area contributed by atoms with E-state index in [1.165, 1.54) is 25.7 Å². The maximum absolute atomic E-state index is 12.3. The van der Waals surface area contributed by atoms with Gasteiger partial charge in [0, 0.05) is 12.5 Å². The molecule has 4 heteroatoms. The molecule has 1 aromatic carbocycles. The molecule has 1 N–H and O–H groups in total. The monoisotopic (exact) mass is 331 g/mol. The van der Waals surface area contributed by atoms with Gasteiger partial charge in [-0.3, -0.25) is 4.79 Å². The predicted molar refractivity (Wildman–Crippen MR) is 94.4 cm³/mol. The van der Waals surface area contributed by atoms with Crippen molar-refractivity contribution in [1.82, 2.24) is 5.32 Å². The third-order valence-electron chi connectivity index (χ3n) is 5.91. The summed E-state index contributed by atoms with van der Waals surface area (Å²) in [5.41, 5.74) is 1.09. The molecule has 1 aromatic rings. The zero-order valence-corrected chi connectivity index (χ0v) is 15.0. The maximum Gasteiger partial charge on any atom is 0.220 e. The fraction of sp³-hybridized carbons (Fsp3) is 0.650. The second-order valence-electron chi connectivity index (χ2n) is 7.38. The molecule has 24 heavy (non-hydrogen) atoms. The lowest BCUT2D eigenvalue weighted by Gasteiger charge is -2.28. The van der Waals surface area contributed by atoms with Crippen molar-refractivity contribution in [3.05, 3.63) is 23.8 Å². The fourth-order valence-corrected chi connectivity index (χ4v) is 4.63. The van der Waals surface area contributed by atoms with Gasteiger partial charge in [0.25, 0.3) is 0 Å². The number of carbonyl (C=O) groups is 1. The second kappa shape index (κ2) is 7.45. The van der Waals surface area contributed by atoms with E-state index >= 15 is 0 Å². The summed E-state index contributed by atoms with van der Waals surface area (Å²) in [6.45, 7) is 2.18. The number of aryl methyl sites for hydroxylation is 1. The van der Waals surface area contributed by atoms with Gasteiger partial charge in [-0.2, -0.15) is 0 Å². The second-order valence-corrected chi connectivity index (χ2v) is 7.38. The van der Waals surface area contributed by atoms with Gasteiger partial charge < -0.3 is 14.8 Å². The van der Waals surface area contributed by atoms with Crippen molar-refractivity contribution in [2.75, 3.05) is 14.2 Å². The molecule has 4 atom stereocenters. The Labute approximate surface area is 144 Å². The molecule has 132 valence electrons. The maximum atomic E-state index is 12.3. The first kappa shape index (κ1) is 17.1. The molecule has 4 unspecified atom stereocenters. The van der Waals surface area contributed by atoms with E-state index in [0.717, 1.165) is 29.6 Å². The van der Waals surface area contributed by atoms with E-state index in [1.807, 2.05) is 18.2 Å². The van der Waals surface area contributed by atoms with E-state index in [2.05, 4.69) is 12.2 Å². The van der Waals surface area contributed by atoms with Crippen LogP contribution in [0.25, 0.3) is 0 Å². The third kappa shape index (κ3) is 3.68. The molecule has 2 saturated carbocycles. The predicted octanol–water partition coefficient (Wildman–Crippen LogP) is 3.58. The molecule has 0 saturated heterocycles. The van der Waals surface area contributed by atoms with Gasteiger partial charge in [0.15, 0.2) is 11.5 Å². The minimum Gasteiger partial charge on any atom is -0.493 e. The van der Waals surface area contributed by atoms with Crippen LogP contribution in [0.3, 0.4) is 0 Å². The molecule has 0 aliphatic heterocycles. The molecular weight excluding hydrogens is 302 g/mol. The lowest BCUT2D eigenvalue weighted by Crippen LogP contribution is -2.40. The number of hydrogen-bond donors (Lipinski definition) is 1. The van der Waals surface area contributed by atoms with E-state index in [4.69, 9.17) is 9.47 Å². The number of ether oxygens (including phenoxy) is 2. The number of carbonyl (C=O) groups excluding carboxylic acids is 1. The van der Waals surface area contributed by atoms with Crippen LogP contribution in [0.2, 0.25) is 0 Å². The molecule has 0 heterocycles. The van der Waals surface area contributed by atoms with Crippen LogP contribution in [-0.4, -0.2) is 26.2 Å². The summed E-state index contributed by atoms with van der Waals surface area (Å²) < 4.78 is 10.6. The number of hydrogen-bond acceptors (Lipinski definition) is 3. The zero-order chi connectivity index (χ0) is 17.1. The van der Waals surface area contributed by atoms with Crippen LogP contribution in [0.15, 0.2) is 18.2 Å². The van der Waals surface area contributed by atoms with Crippen LogP contribution in [0, 0.1) is 17.8 Å². The van der Waals surface area contributed by atoms with Crippen molar-refractivity contribution < 1.29 is 14.3 Å². The van der Waals surface area contributed by atoms with E-state index < -0.39 is 0 Å². The lowest BCUT2D eigenvalue weighted by molar-refractivity contribution is -0.122. The molecule has 2 fully saturated rings. The van der Waals surface area contributed by atoms with Gasteiger partial charge in [0.05, 0.1) is 14.2 Å². The van der Waals surface area contributed by atoms with Crippen LogP contribution in [0.1, 0.15) is 44.6 Å². The first-order valence-electron chi connectivity index (χ1n) is 9.11. The Bertz CT molecular complexity index is 586. The van der Waals surface area contributed by atoms with E-state index in [0.29, 0.717) is 24.1 Å². The molecule has 0 spiro atoms. The zero-order valence-electron chi connectivity index (χ0n) is 15.0. The van der Waals surface area contributed by atoms with E-state index in [9.17, 15) is 4.79 Å². The summed E-state index contributed by atoms with van der Waals surface area (Å²) in [5.74, 6) is 4.04. The summed E-state index contributed by atoms with van der Waals surface area (Å²) in [6.07, 6.45) is 6.69. The van der Waals surface area contributed by atoms with Crippen molar-refractivity contribution in [2.45, 2.75) is 51.5 Å². The Hall–Kier alpha value is -1.71. The highest BCUT2D eigenvalue weighted by molar-refractivity contribution is 5.76. The van der Waals surface area contributed by atoms with Gasteiger partial charge in [-0.25, -0.2) is 0 Å². The van der Waals surface area contributed by atoms with Crippen molar-refractivity contribution in [3.8, 4) is 11.5 Å². The van der Waals surface area contributed by atoms with Crippen LogP contribution in [0.4, 0.5) is 0 Å².